The quantitative estimate of drug-likeness (QED) is 0.626. The molecule has 0 atom stereocenters. The van der Waals surface area contributed by atoms with Crippen molar-refractivity contribution in [1.29, 1.82) is 5.26 Å². The van der Waals surface area contributed by atoms with E-state index in [1.54, 1.807) is 23.6 Å². The summed E-state index contributed by atoms with van der Waals surface area (Å²) in [6.07, 6.45) is 3.18. The van der Waals surface area contributed by atoms with Gasteiger partial charge in [-0.15, -0.1) is 11.3 Å². The van der Waals surface area contributed by atoms with Crippen molar-refractivity contribution < 1.29 is 0 Å². The third-order valence-corrected chi connectivity index (χ3v) is 2.50. The SMILES string of the molecule is N#Cc1cncc(C#Cc2cccs2)c1. The molecule has 0 aliphatic carbocycles. The molecule has 0 spiro atoms. The van der Waals surface area contributed by atoms with Crippen LogP contribution in [0.3, 0.4) is 0 Å². The van der Waals surface area contributed by atoms with Gasteiger partial charge in [0.2, 0.25) is 0 Å². The Kier molecular flexibility index (Phi) is 2.78. The molecule has 0 aliphatic heterocycles. The van der Waals surface area contributed by atoms with E-state index in [0.717, 1.165) is 10.4 Å². The van der Waals surface area contributed by atoms with E-state index >= 15 is 0 Å². The summed E-state index contributed by atoms with van der Waals surface area (Å²) in [6.45, 7) is 0. The molecule has 3 heteroatoms. The highest BCUT2D eigenvalue weighted by Crippen LogP contribution is 2.06. The first-order valence-electron chi connectivity index (χ1n) is 4.29. The minimum Gasteiger partial charge on any atom is -0.262 e. The third kappa shape index (κ3) is 2.43. The van der Waals surface area contributed by atoms with Gasteiger partial charge in [0.25, 0.3) is 0 Å². The average Bonchev–Trinajstić information content (AvgIpc) is 2.79. The Bertz CT molecular complexity index is 553. The second-order valence-corrected chi connectivity index (χ2v) is 3.75. The predicted octanol–water partition coefficient (Wildman–Crippen LogP) is 2.41. The van der Waals surface area contributed by atoms with Crippen LogP contribution < -0.4 is 0 Å². The number of hydrogen-bond acceptors (Lipinski definition) is 3. The van der Waals surface area contributed by atoms with Gasteiger partial charge in [-0.2, -0.15) is 5.26 Å². The molecule has 2 rings (SSSR count). The highest BCUT2D eigenvalue weighted by molar-refractivity contribution is 7.10. The van der Waals surface area contributed by atoms with Crippen LogP contribution in [0.15, 0.2) is 36.0 Å². The van der Waals surface area contributed by atoms with Gasteiger partial charge in [-0.05, 0) is 17.5 Å². The third-order valence-electron chi connectivity index (χ3n) is 1.72. The molecule has 2 aromatic heterocycles. The summed E-state index contributed by atoms with van der Waals surface area (Å²) in [6, 6.07) is 7.68. The molecule has 15 heavy (non-hydrogen) atoms. The minimum atomic E-state index is 0.535. The molecule has 0 aromatic carbocycles. The van der Waals surface area contributed by atoms with E-state index in [9.17, 15) is 0 Å². The predicted molar refractivity (Wildman–Crippen MR) is 59.3 cm³/mol. The fourth-order valence-corrected chi connectivity index (χ4v) is 1.62. The van der Waals surface area contributed by atoms with E-state index in [1.807, 2.05) is 23.6 Å². The van der Waals surface area contributed by atoms with Gasteiger partial charge in [-0.1, -0.05) is 17.9 Å². The first-order chi connectivity index (χ1) is 7.38. The van der Waals surface area contributed by atoms with Gasteiger partial charge >= 0.3 is 0 Å². The Morgan fingerprint density at radius 2 is 2.07 bits per heavy atom. The van der Waals surface area contributed by atoms with E-state index in [1.165, 1.54) is 6.20 Å². The molecule has 70 valence electrons. The van der Waals surface area contributed by atoms with Crippen LogP contribution in [0.1, 0.15) is 16.0 Å². The van der Waals surface area contributed by atoms with Crippen LogP contribution in [0.5, 0.6) is 0 Å². The van der Waals surface area contributed by atoms with Crippen molar-refractivity contribution in [3.05, 3.63) is 52.0 Å². The van der Waals surface area contributed by atoms with Crippen LogP contribution in [-0.2, 0) is 0 Å². The second-order valence-electron chi connectivity index (χ2n) is 2.80. The molecule has 2 nitrogen and oxygen atoms in total. The van der Waals surface area contributed by atoms with E-state index in [-0.39, 0.29) is 0 Å². The van der Waals surface area contributed by atoms with Crippen molar-refractivity contribution in [2.24, 2.45) is 0 Å². The first kappa shape index (κ1) is 9.45. The molecule has 0 N–H and O–H groups in total. The number of nitrogens with zero attached hydrogens (tertiary/aromatic N) is 2. The number of hydrogen-bond donors (Lipinski definition) is 0. The summed E-state index contributed by atoms with van der Waals surface area (Å²) < 4.78 is 0. The summed E-state index contributed by atoms with van der Waals surface area (Å²) in [4.78, 5) is 4.95. The molecule has 0 bridgehead atoms. The normalized spacial score (nSPS) is 8.73. The van der Waals surface area contributed by atoms with Gasteiger partial charge in [0.1, 0.15) is 6.07 Å². The Labute approximate surface area is 91.8 Å². The Balaban J connectivity index is 2.28. The Morgan fingerprint density at radius 1 is 1.20 bits per heavy atom. The maximum Gasteiger partial charge on any atom is 0.101 e. The van der Waals surface area contributed by atoms with Crippen LogP contribution in [0, 0.1) is 23.2 Å². The zero-order chi connectivity index (χ0) is 10.5. The fourth-order valence-electron chi connectivity index (χ4n) is 1.05. The molecular formula is C12H6N2S. The standard InChI is InChI=1S/C12H6N2S/c13-7-11-6-10(8-14-9-11)3-4-12-2-1-5-15-12/h1-2,5-6,8-9H. The van der Waals surface area contributed by atoms with Gasteiger partial charge < -0.3 is 0 Å². The molecule has 0 saturated heterocycles. The van der Waals surface area contributed by atoms with Crippen molar-refractivity contribution >= 4 is 11.3 Å². The number of thiophene rings is 1. The zero-order valence-electron chi connectivity index (χ0n) is 7.77. The van der Waals surface area contributed by atoms with Gasteiger partial charge in [-0.25, -0.2) is 0 Å². The highest BCUT2D eigenvalue weighted by atomic mass is 32.1. The van der Waals surface area contributed by atoms with Crippen molar-refractivity contribution in [3.8, 4) is 17.9 Å². The van der Waals surface area contributed by atoms with E-state index in [0.29, 0.717) is 5.56 Å². The minimum absolute atomic E-state index is 0.535. The lowest BCUT2D eigenvalue weighted by Crippen LogP contribution is -1.81. The van der Waals surface area contributed by atoms with E-state index in [4.69, 9.17) is 5.26 Å². The molecule has 0 saturated carbocycles. The molecule has 0 unspecified atom stereocenters. The zero-order valence-corrected chi connectivity index (χ0v) is 8.58. The summed E-state index contributed by atoms with van der Waals surface area (Å²) in [5.74, 6) is 5.98. The Morgan fingerprint density at radius 3 is 2.80 bits per heavy atom. The Hall–Kier alpha value is -2.10. The second kappa shape index (κ2) is 4.41. The smallest absolute Gasteiger partial charge is 0.101 e. The maximum atomic E-state index is 8.68. The highest BCUT2D eigenvalue weighted by Gasteiger charge is 1.92. The van der Waals surface area contributed by atoms with Gasteiger partial charge in [0.05, 0.1) is 10.4 Å². The van der Waals surface area contributed by atoms with Crippen LogP contribution >= 0.6 is 11.3 Å². The first-order valence-corrected chi connectivity index (χ1v) is 5.17. The maximum absolute atomic E-state index is 8.68. The van der Waals surface area contributed by atoms with Gasteiger partial charge in [0, 0.05) is 18.0 Å². The van der Waals surface area contributed by atoms with Gasteiger partial charge in [-0.3, -0.25) is 4.98 Å². The molecule has 0 fully saturated rings. The van der Waals surface area contributed by atoms with E-state index in [2.05, 4.69) is 16.8 Å². The molecule has 0 amide bonds. The summed E-state index contributed by atoms with van der Waals surface area (Å²) in [5.41, 5.74) is 1.30. The number of rotatable bonds is 0. The van der Waals surface area contributed by atoms with Crippen LogP contribution in [-0.4, -0.2) is 4.98 Å². The number of pyridine rings is 1. The summed E-state index contributed by atoms with van der Waals surface area (Å²) in [7, 11) is 0. The lowest BCUT2D eigenvalue weighted by atomic mass is 10.2. The molecule has 0 aliphatic rings. The van der Waals surface area contributed by atoms with Crippen LogP contribution in [0.2, 0.25) is 0 Å². The molecule has 2 aromatic rings. The van der Waals surface area contributed by atoms with Gasteiger partial charge in [0.15, 0.2) is 0 Å². The monoisotopic (exact) mass is 210 g/mol. The summed E-state index contributed by atoms with van der Waals surface area (Å²) >= 11 is 1.59. The largest absolute Gasteiger partial charge is 0.262 e. The summed E-state index contributed by atoms with van der Waals surface area (Å²) in [5, 5.41) is 10.7. The topological polar surface area (TPSA) is 36.7 Å². The molecule has 0 radical (unpaired) electrons. The van der Waals surface area contributed by atoms with Crippen molar-refractivity contribution in [3.63, 3.8) is 0 Å². The average molecular weight is 210 g/mol. The molecular weight excluding hydrogens is 204 g/mol. The van der Waals surface area contributed by atoms with Crippen molar-refractivity contribution in [1.82, 2.24) is 4.98 Å². The van der Waals surface area contributed by atoms with Crippen molar-refractivity contribution in [2.45, 2.75) is 0 Å². The number of aromatic nitrogens is 1. The van der Waals surface area contributed by atoms with Crippen LogP contribution in [0.25, 0.3) is 0 Å². The van der Waals surface area contributed by atoms with Crippen LogP contribution in [0.4, 0.5) is 0 Å². The van der Waals surface area contributed by atoms with E-state index < -0.39 is 0 Å². The van der Waals surface area contributed by atoms with Crippen molar-refractivity contribution in [2.75, 3.05) is 0 Å². The number of nitriles is 1. The fraction of sp³-hybridized carbons (Fsp3) is 0. The lowest BCUT2D eigenvalue weighted by molar-refractivity contribution is 1.29. The lowest BCUT2D eigenvalue weighted by Gasteiger charge is -1.88. The molecule has 2 heterocycles.